The number of carbonyl (C=O) groups excluding carboxylic acids is 1. The lowest BCUT2D eigenvalue weighted by molar-refractivity contribution is -0.114. The number of hydrogen-bond donors (Lipinski definition) is 4. The zero-order valence-electron chi connectivity index (χ0n) is 19.1. The first-order valence-electron chi connectivity index (χ1n) is 10.8. The minimum Gasteiger partial charge on any atom is -0.345 e. The molecular formula is C25H23F2N7O. The predicted octanol–water partition coefficient (Wildman–Crippen LogP) is 5.30. The van der Waals surface area contributed by atoms with Gasteiger partial charge in [0.05, 0.1) is 17.9 Å². The van der Waals surface area contributed by atoms with Gasteiger partial charge < -0.3 is 21.3 Å². The van der Waals surface area contributed by atoms with Gasteiger partial charge in [0.2, 0.25) is 23.8 Å². The second kappa shape index (κ2) is 10.6. The van der Waals surface area contributed by atoms with E-state index >= 15 is 0 Å². The van der Waals surface area contributed by atoms with Crippen LogP contribution in [0.15, 0.2) is 66.7 Å². The monoisotopic (exact) mass is 475 g/mol. The molecule has 8 nitrogen and oxygen atoms in total. The van der Waals surface area contributed by atoms with E-state index in [0.29, 0.717) is 5.69 Å². The molecule has 0 bridgehead atoms. The third-order valence-corrected chi connectivity index (χ3v) is 4.94. The highest BCUT2D eigenvalue weighted by Gasteiger charge is 2.12. The third-order valence-electron chi connectivity index (χ3n) is 4.94. The van der Waals surface area contributed by atoms with Gasteiger partial charge in [0.15, 0.2) is 0 Å². The highest BCUT2D eigenvalue weighted by Crippen LogP contribution is 2.22. The van der Waals surface area contributed by atoms with E-state index in [2.05, 4.69) is 36.2 Å². The van der Waals surface area contributed by atoms with Gasteiger partial charge in [-0.2, -0.15) is 15.0 Å². The molecule has 0 saturated carbocycles. The van der Waals surface area contributed by atoms with Crippen LogP contribution >= 0.6 is 0 Å². The summed E-state index contributed by atoms with van der Waals surface area (Å²) in [7, 11) is 0. The Morgan fingerprint density at radius 2 is 1.29 bits per heavy atom. The number of amides is 1. The SMILES string of the molecule is Cc1ccc(NC(=O)CNc2nc(Nc3ccccc3F)nc(Nc3ccccc3F)n2)c(C)c1. The van der Waals surface area contributed by atoms with Gasteiger partial charge in [-0.15, -0.1) is 0 Å². The van der Waals surface area contributed by atoms with Crippen molar-refractivity contribution in [2.24, 2.45) is 0 Å². The molecule has 0 saturated heterocycles. The summed E-state index contributed by atoms with van der Waals surface area (Å²) in [6.07, 6.45) is 0. The molecule has 1 heterocycles. The topological polar surface area (TPSA) is 104 Å². The zero-order valence-corrected chi connectivity index (χ0v) is 19.1. The Balaban J connectivity index is 1.54. The van der Waals surface area contributed by atoms with Crippen molar-refractivity contribution in [1.29, 1.82) is 0 Å². The maximum absolute atomic E-state index is 14.1. The van der Waals surface area contributed by atoms with E-state index in [4.69, 9.17) is 0 Å². The molecule has 4 rings (SSSR count). The summed E-state index contributed by atoms with van der Waals surface area (Å²) in [5.41, 5.74) is 3.02. The Labute approximate surface area is 200 Å². The summed E-state index contributed by atoms with van der Waals surface area (Å²) in [5.74, 6) is -1.28. The largest absolute Gasteiger partial charge is 0.345 e. The summed E-state index contributed by atoms with van der Waals surface area (Å²) in [4.78, 5) is 25.1. The van der Waals surface area contributed by atoms with Crippen molar-refractivity contribution in [1.82, 2.24) is 15.0 Å². The Morgan fingerprint density at radius 1 is 0.743 bits per heavy atom. The molecule has 0 spiro atoms. The molecule has 0 unspecified atom stereocenters. The quantitative estimate of drug-likeness (QED) is 0.274. The van der Waals surface area contributed by atoms with Gasteiger partial charge in [-0.05, 0) is 49.7 Å². The molecule has 0 fully saturated rings. The molecule has 4 N–H and O–H groups in total. The molecule has 0 radical (unpaired) electrons. The summed E-state index contributed by atoms with van der Waals surface area (Å²) >= 11 is 0. The first kappa shape index (κ1) is 23.6. The number of nitrogens with one attached hydrogen (secondary N) is 4. The molecule has 35 heavy (non-hydrogen) atoms. The fraction of sp³-hybridized carbons (Fsp3) is 0.120. The lowest BCUT2D eigenvalue weighted by Crippen LogP contribution is -2.23. The van der Waals surface area contributed by atoms with Gasteiger partial charge in [0.25, 0.3) is 0 Å². The normalized spacial score (nSPS) is 10.5. The Hall–Kier alpha value is -4.60. The van der Waals surface area contributed by atoms with Crippen LogP contribution in [0, 0.1) is 25.5 Å². The fourth-order valence-electron chi connectivity index (χ4n) is 3.24. The van der Waals surface area contributed by atoms with Crippen LogP contribution in [0.3, 0.4) is 0 Å². The van der Waals surface area contributed by atoms with E-state index in [-0.39, 0.29) is 41.7 Å². The number of benzene rings is 3. The molecule has 3 aromatic carbocycles. The van der Waals surface area contributed by atoms with Gasteiger partial charge in [-0.25, -0.2) is 8.78 Å². The predicted molar refractivity (Wildman–Crippen MR) is 132 cm³/mol. The molecule has 10 heteroatoms. The van der Waals surface area contributed by atoms with Crippen LogP contribution < -0.4 is 21.3 Å². The number of carbonyl (C=O) groups is 1. The standard InChI is InChI=1S/C25H23F2N7O/c1-15-11-12-19(16(2)13-15)29-22(35)14-28-23-32-24(30-20-9-5-3-7-17(20)26)34-25(33-23)31-21-10-6-4-8-18(21)27/h3-13H,14H2,1-2H3,(H,29,35)(H3,28,30,31,32,33,34). The average Bonchev–Trinajstić information content (AvgIpc) is 2.82. The number of aromatic nitrogens is 3. The van der Waals surface area contributed by atoms with Crippen LogP contribution in [0.25, 0.3) is 0 Å². The summed E-state index contributed by atoms with van der Waals surface area (Å²) < 4.78 is 28.3. The molecule has 0 aliphatic heterocycles. The van der Waals surface area contributed by atoms with Gasteiger partial charge in [0, 0.05) is 5.69 Å². The van der Waals surface area contributed by atoms with Crippen molar-refractivity contribution in [2.75, 3.05) is 27.8 Å². The van der Waals surface area contributed by atoms with E-state index in [9.17, 15) is 13.6 Å². The zero-order chi connectivity index (χ0) is 24.8. The molecule has 178 valence electrons. The van der Waals surface area contributed by atoms with Gasteiger partial charge in [-0.1, -0.05) is 42.0 Å². The number of hydrogen-bond acceptors (Lipinski definition) is 7. The second-order valence-electron chi connectivity index (χ2n) is 7.74. The fourth-order valence-corrected chi connectivity index (χ4v) is 3.24. The molecule has 1 amide bonds. The van der Waals surface area contributed by atoms with Gasteiger partial charge in [-0.3, -0.25) is 4.79 Å². The van der Waals surface area contributed by atoms with Crippen molar-refractivity contribution >= 4 is 40.8 Å². The summed E-state index contributed by atoms with van der Waals surface area (Å²) in [6.45, 7) is 3.74. The number of nitrogens with zero attached hydrogens (tertiary/aromatic N) is 3. The smallest absolute Gasteiger partial charge is 0.243 e. The minimum absolute atomic E-state index is 0.00114. The molecule has 0 atom stereocenters. The van der Waals surface area contributed by atoms with E-state index in [0.717, 1.165) is 11.1 Å². The molecule has 0 aliphatic carbocycles. The first-order valence-corrected chi connectivity index (χ1v) is 10.8. The number of para-hydroxylation sites is 2. The minimum atomic E-state index is -0.501. The highest BCUT2D eigenvalue weighted by atomic mass is 19.1. The van der Waals surface area contributed by atoms with Crippen molar-refractivity contribution in [3.05, 3.63) is 89.5 Å². The van der Waals surface area contributed by atoms with Crippen LogP contribution in [0.4, 0.5) is 43.7 Å². The molecule has 0 aliphatic rings. The summed E-state index contributed by atoms with van der Waals surface area (Å²) in [6, 6.07) is 17.8. The molecule has 1 aromatic heterocycles. The maximum Gasteiger partial charge on any atom is 0.243 e. The van der Waals surface area contributed by atoms with E-state index < -0.39 is 11.6 Å². The Bertz CT molecular complexity index is 1300. The lowest BCUT2D eigenvalue weighted by Gasteiger charge is -2.13. The van der Waals surface area contributed by atoms with Crippen LogP contribution in [0.1, 0.15) is 11.1 Å². The summed E-state index contributed by atoms with van der Waals surface area (Å²) in [5, 5.41) is 11.2. The van der Waals surface area contributed by atoms with E-state index in [1.807, 2.05) is 32.0 Å². The first-order chi connectivity index (χ1) is 16.9. The van der Waals surface area contributed by atoms with Gasteiger partial charge in [0.1, 0.15) is 11.6 Å². The van der Waals surface area contributed by atoms with Crippen molar-refractivity contribution in [3.8, 4) is 0 Å². The Kier molecular flexibility index (Phi) is 7.10. The van der Waals surface area contributed by atoms with E-state index in [1.54, 1.807) is 24.3 Å². The van der Waals surface area contributed by atoms with Crippen LogP contribution in [-0.4, -0.2) is 27.4 Å². The van der Waals surface area contributed by atoms with Crippen LogP contribution in [-0.2, 0) is 4.79 Å². The van der Waals surface area contributed by atoms with Crippen molar-refractivity contribution in [2.45, 2.75) is 13.8 Å². The van der Waals surface area contributed by atoms with Crippen molar-refractivity contribution in [3.63, 3.8) is 0 Å². The number of anilines is 6. The van der Waals surface area contributed by atoms with Crippen LogP contribution in [0.5, 0.6) is 0 Å². The number of aryl methyl sites for hydroxylation is 2. The average molecular weight is 476 g/mol. The van der Waals surface area contributed by atoms with Crippen molar-refractivity contribution < 1.29 is 13.6 Å². The number of rotatable bonds is 8. The molecular weight excluding hydrogens is 452 g/mol. The Morgan fingerprint density at radius 3 is 1.83 bits per heavy atom. The highest BCUT2D eigenvalue weighted by molar-refractivity contribution is 5.94. The number of halogens is 2. The second-order valence-corrected chi connectivity index (χ2v) is 7.74. The van der Waals surface area contributed by atoms with Crippen LogP contribution in [0.2, 0.25) is 0 Å². The van der Waals surface area contributed by atoms with Gasteiger partial charge >= 0.3 is 0 Å². The maximum atomic E-state index is 14.1. The molecule has 4 aromatic rings. The third kappa shape index (κ3) is 6.26. The van der Waals surface area contributed by atoms with E-state index in [1.165, 1.54) is 24.3 Å². The lowest BCUT2D eigenvalue weighted by atomic mass is 10.1.